The monoisotopic (exact) mass is 255 g/mol. The molecule has 98 valence electrons. The highest BCUT2D eigenvalue weighted by molar-refractivity contribution is 5.94. The van der Waals surface area contributed by atoms with Crippen LogP contribution in [0.3, 0.4) is 0 Å². The summed E-state index contributed by atoms with van der Waals surface area (Å²) in [5.74, 6) is 0.0298. The van der Waals surface area contributed by atoms with E-state index in [2.05, 4.69) is 10.3 Å². The Bertz CT molecular complexity index is 513. The van der Waals surface area contributed by atoms with Crippen molar-refractivity contribution in [1.82, 2.24) is 10.3 Å². The highest BCUT2D eigenvalue weighted by Gasteiger charge is 2.09. The normalized spacial score (nSPS) is 10.2. The average Bonchev–Trinajstić information content (AvgIpc) is 2.48. The predicted octanol–water partition coefficient (Wildman–Crippen LogP) is 1.83. The van der Waals surface area contributed by atoms with Crippen molar-refractivity contribution in [2.45, 2.75) is 6.54 Å². The summed E-state index contributed by atoms with van der Waals surface area (Å²) in [5, 5.41) is 3.10. The van der Waals surface area contributed by atoms with Crippen LogP contribution in [0.5, 0.6) is 0 Å². The Balaban J connectivity index is 1.82. The van der Waals surface area contributed by atoms with Gasteiger partial charge in [-0.3, -0.25) is 9.78 Å². The zero-order valence-corrected chi connectivity index (χ0v) is 10.9. The molecule has 1 heterocycles. The second-order valence-electron chi connectivity index (χ2n) is 4.21. The van der Waals surface area contributed by atoms with Gasteiger partial charge in [-0.2, -0.15) is 0 Å². The van der Waals surface area contributed by atoms with E-state index in [-0.39, 0.29) is 5.91 Å². The van der Waals surface area contributed by atoms with Crippen molar-refractivity contribution in [2.75, 3.05) is 18.5 Å². The third-order valence-corrected chi connectivity index (χ3v) is 2.83. The molecule has 0 aliphatic rings. The van der Waals surface area contributed by atoms with E-state index in [1.807, 2.05) is 48.5 Å². The molecule has 4 heteroatoms. The molecule has 19 heavy (non-hydrogen) atoms. The number of rotatable bonds is 5. The molecule has 1 aromatic heterocycles. The third-order valence-electron chi connectivity index (χ3n) is 2.83. The summed E-state index contributed by atoms with van der Waals surface area (Å²) in [6.45, 7) is 0.886. The van der Waals surface area contributed by atoms with Crippen LogP contribution in [0.25, 0.3) is 0 Å². The lowest BCUT2D eigenvalue weighted by Gasteiger charge is -2.17. The van der Waals surface area contributed by atoms with Crippen molar-refractivity contribution >= 4 is 11.6 Å². The van der Waals surface area contributed by atoms with E-state index in [9.17, 15) is 4.79 Å². The fourth-order valence-electron chi connectivity index (χ4n) is 1.71. The maximum Gasteiger partial charge on any atom is 0.240 e. The minimum atomic E-state index is 0.0298. The van der Waals surface area contributed by atoms with Gasteiger partial charge in [0, 0.05) is 25.5 Å². The minimum absolute atomic E-state index is 0.0298. The van der Waals surface area contributed by atoms with Gasteiger partial charge in [-0.05, 0) is 24.3 Å². The summed E-state index contributed by atoms with van der Waals surface area (Å²) in [4.78, 5) is 17.8. The number of amides is 1. The van der Waals surface area contributed by atoms with Gasteiger partial charge in [-0.15, -0.1) is 0 Å². The van der Waals surface area contributed by atoms with Gasteiger partial charge in [-0.1, -0.05) is 24.3 Å². The lowest BCUT2D eigenvalue weighted by atomic mass is 10.3. The fourth-order valence-corrected chi connectivity index (χ4v) is 1.71. The summed E-state index contributed by atoms with van der Waals surface area (Å²) in [5.41, 5.74) is 1.82. The van der Waals surface area contributed by atoms with Crippen LogP contribution in [-0.2, 0) is 11.3 Å². The number of carbonyl (C=O) groups is 1. The highest BCUT2D eigenvalue weighted by Crippen LogP contribution is 2.10. The average molecular weight is 255 g/mol. The third kappa shape index (κ3) is 3.89. The number of nitrogens with zero attached hydrogens (tertiary/aromatic N) is 2. The van der Waals surface area contributed by atoms with Crippen LogP contribution in [-0.4, -0.2) is 24.5 Å². The van der Waals surface area contributed by atoms with Crippen LogP contribution in [0.2, 0.25) is 0 Å². The second-order valence-corrected chi connectivity index (χ2v) is 4.21. The highest BCUT2D eigenvalue weighted by atomic mass is 16.2. The summed E-state index contributed by atoms with van der Waals surface area (Å²) in [6, 6.07) is 15.3. The molecule has 0 saturated heterocycles. The van der Waals surface area contributed by atoms with E-state index in [0.717, 1.165) is 11.4 Å². The van der Waals surface area contributed by atoms with Crippen LogP contribution < -0.4 is 10.2 Å². The Morgan fingerprint density at radius 1 is 1.16 bits per heavy atom. The zero-order chi connectivity index (χ0) is 13.5. The minimum Gasteiger partial charge on any atom is -0.314 e. The number of hydrogen-bond acceptors (Lipinski definition) is 3. The molecule has 1 N–H and O–H groups in total. The predicted molar refractivity (Wildman–Crippen MR) is 75.8 cm³/mol. The van der Waals surface area contributed by atoms with Gasteiger partial charge < -0.3 is 10.2 Å². The van der Waals surface area contributed by atoms with Gasteiger partial charge in [0.2, 0.25) is 5.91 Å². The standard InChI is InChI=1S/C15H17N3O/c1-18(14-8-3-2-4-9-14)15(19)12-16-11-13-7-5-6-10-17-13/h2-10,16H,11-12H2,1H3. The quantitative estimate of drug-likeness (QED) is 0.886. The molecule has 0 aliphatic heterocycles. The van der Waals surface area contributed by atoms with Gasteiger partial charge in [0.15, 0.2) is 0 Å². The zero-order valence-electron chi connectivity index (χ0n) is 10.9. The Morgan fingerprint density at radius 2 is 1.89 bits per heavy atom. The molecule has 0 radical (unpaired) electrons. The van der Waals surface area contributed by atoms with Crippen molar-refractivity contribution in [3.63, 3.8) is 0 Å². The fraction of sp³-hybridized carbons (Fsp3) is 0.200. The Hall–Kier alpha value is -2.20. The van der Waals surface area contributed by atoms with E-state index < -0.39 is 0 Å². The molecular formula is C15H17N3O. The lowest BCUT2D eigenvalue weighted by molar-refractivity contribution is -0.117. The number of carbonyl (C=O) groups excluding carboxylic acids is 1. The molecular weight excluding hydrogens is 238 g/mol. The number of benzene rings is 1. The van der Waals surface area contributed by atoms with Crippen molar-refractivity contribution in [1.29, 1.82) is 0 Å². The van der Waals surface area contributed by atoms with Crippen LogP contribution in [0.15, 0.2) is 54.7 Å². The Morgan fingerprint density at radius 3 is 2.58 bits per heavy atom. The van der Waals surface area contributed by atoms with Gasteiger partial charge >= 0.3 is 0 Å². The number of para-hydroxylation sites is 1. The summed E-state index contributed by atoms with van der Waals surface area (Å²) in [6.07, 6.45) is 1.74. The van der Waals surface area contributed by atoms with E-state index in [4.69, 9.17) is 0 Å². The van der Waals surface area contributed by atoms with Crippen LogP contribution in [0.4, 0.5) is 5.69 Å². The first-order chi connectivity index (χ1) is 9.27. The van der Waals surface area contributed by atoms with E-state index in [0.29, 0.717) is 13.1 Å². The number of hydrogen-bond donors (Lipinski definition) is 1. The molecule has 0 fully saturated rings. The van der Waals surface area contributed by atoms with Crippen LogP contribution in [0.1, 0.15) is 5.69 Å². The summed E-state index contributed by atoms with van der Waals surface area (Å²) < 4.78 is 0. The molecule has 0 saturated carbocycles. The van der Waals surface area contributed by atoms with E-state index >= 15 is 0 Å². The molecule has 4 nitrogen and oxygen atoms in total. The van der Waals surface area contributed by atoms with Crippen molar-refractivity contribution in [3.8, 4) is 0 Å². The molecule has 1 aromatic carbocycles. The van der Waals surface area contributed by atoms with Crippen LogP contribution >= 0.6 is 0 Å². The summed E-state index contributed by atoms with van der Waals surface area (Å²) >= 11 is 0. The van der Waals surface area contributed by atoms with Gasteiger partial charge in [0.1, 0.15) is 0 Å². The van der Waals surface area contributed by atoms with Crippen molar-refractivity contribution in [2.24, 2.45) is 0 Å². The van der Waals surface area contributed by atoms with Gasteiger partial charge in [-0.25, -0.2) is 0 Å². The Kier molecular flexibility index (Phi) is 4.64. The molecule has 1 amide bonds. The molecule has 2 rings (SSSR count). The number of pyridine rings is 1. The van der Waals surface area contributed by atoms with Crippen LogP contribution in [0, 0.1) is 0 Å². The molecule has 0 unspecified atom stereocenters. The SMILES string of the molecule is CN(C(=O)CNCc1ccccn1)c1ccccc1. The Labute approximate surface area is 113 Å². The maximum absolute atomic E-state index is 12.0. The second kappa shape index (κ2) is 6.66. The molecule has 2 aromatic rings. The van der Waals surface area contributed by atoms with Crippen molar-refractivity contribution < 1.29 is 4.79 Å². The molecule has 0 atom stereocenters. The number of likely N-dealkylation sites (N-methyl/N-ethyl adjacent to an activating group) is 1. The first-order valence-electron chi connectivity index (χ1n) is 6.19. The molecule has 0 aliphatic carbocycles. The lowest BCUT2D eigenvalue weighted by Crippen LogP contribution is -2.35. The topological polar surface area (TPSA) is 45.2 Å². The smallest absolute Gasteiger partial charge is 0.240 e. The molecule has 0 spiro atoms. The number of aromatic nitrogens is 1. The van der Waals surface area contributed by atoms with Gasteiger partial charge in [0.05, 0.1) is 12.2 Å². The van der Waals surface area contributed by atoms with E-state index in [1.165, 1.54) is 0 Å². The van der Waals surface area contributed by atoms with Gasteiger partial charge in [0.25, 0.3) is 0 Å². The first kappa shape index (κ1) is 13.2. The number of nitrogens with one attached hydrogen (secondary N) is 1. The number of anilines is 1. The largest absolute Gasteiger partial charge is 0.314 e. The molecule has 0 bridgehead atoms. The first-order valence-corrected chi connectivity index (χ1v) is 6.19. The van der Waals surface area contributed by atoms with Crippen molar-refractivity contribution in [3.05, 3.63) is 60.4 Å². The maximum atomic E-state index is 12.0. The summed E-state index contributed by atoms with van der Waals surface area (Å²) in [7, 11) is 1.78. The van der Waals surface area contributed by atoms with E-state index in [1.54, 1.807) is 18.1 Å².